The van der Waals surface area contributed by atoms with Gasteiger partial charge in [0.2, 0.25) is 0 Å². The molecule has 1 aliphatic rings. The Morgan fingerprint density at radius 3 is 2.18 bits per heavy atom. The Balaban J connectivity index is 1.46. The number of aliphatic hydroxyl groups is 1. The number of aliphatic hydroxyl groups excluding tert-OH is 1. The van der Waals surface area contributed by atoms with Crippen molar-refractivity contribution in [1.29, 1.82) is 0 Å². The van der Waals surface area contributed by atoms with E-state index in [1.807, 2.05) is 48.5 Å². The number of para-hydroxylation sites is 1. The highest BCUT2D eigenvalue weighted by Crippen LogP contribution is 2.44. The van der Waals surface area contributed by atoms with Crippen LogP contribution in [0.15, 0.2) is 72.8 Å². The first-order chi connectivity index (χ1) is 13.8. The van der Waals surface area contributed by atoms with E-state index >= 15 is 0 Å². The van der Waals surface area contributed by atoms with Crippen molar-refractivity contribution in [2.75, 3.05) is 18.5 Å². The Bertz CT molecular complexity index is 937. The van der Waals surface area contributed by atoms with Gasteiger partial charge in [0.15, 0.2) is 0 Å². The number of carbonyl (C=O) groups excluding carboxylic acids is 1. The number of benzene rings is 3. The monoisotopic (exact) mass is 373 g/mol. The quantitative estimate of drug-likeness (QED) is 0.641. The van der Waals surface area contributed by atoms with Crippen LogP contribution in [0.5, 0.6) is 0 Å². The molecule has 1 amide bonds. The van der Waals surface area contributed by atoms with Gasteiger partial charge in [-0.3, -0.25) is 5.32 Å². The van der Waals surface area contributed by atoms with Crippen molar-refractivity contribution in [3.63, 3.8) is 0 Å². The lowest BCUT2D eigenvalue weighted by atomic mass is 9.98. The fourth-order valence-electron chi connectivity index (χ4n) is 3.87. The van der Waals surface area contributed by atoms with Crippen molar-refractivity contribution in [3.05, 3.63) is 89.5 Å². The molecule has 0 heterocycles. The minimum atomic E-state index is -0.460. The van der Waals surface area contributed by atoms with E-state index in [2.05, 4.69) is 29.6 Å². The number of amides is 1. The number of hydrogen-bond donors (Lipinski definition) is 2. The van der Waals surface area contributed by atoms with E-state index in [0.717, 1.165) is 11.3 Å². The van der Waals surface area contributed by atoms with E-state index in [-0.39, 0.29) is 12.5 Å². The Morgan fingerprint density at radius 1 is 0.893 bits per heavy atom. The maximum absolute atomic E-state index is 12.4. The van der Waals surface area contributed by atoms with Crippen LogP contribution in [0.1, 0.15) is 29.0 Å². The van der Waals surface area contributed by atoms with Gasteiger partial charge in [-0.25, -0.2) is 4.79 Å². The normalized spacial score (nSPS) is 12.3. The third-order valence-electron chi connectivity index (χ3n) is 5.20. The van der Waals surface area contributed by atoms with E-state index in [4.69, 9.17) is 9.84 Å². The minimum Gasteiger partial charge on any atom is -0.448 e. The van der Waals surface area contributed by atoms with E-state index < -0.39 is 6.09 Å². The second kappa shape index (κ2) is 8.28. The van der Waals surface area contributed by atoms with Crippen LogP contribution in [0.3, 0.4) is 0 Å². The van der Waals surface area contributed by atoms with Gasteiger partial charge in [-0.1, -0.05) is 66.7 Å². The maximum atomic E-state index is 12.4. The van der Waals surface area contributed by atoms with Crippen molar-refractivity contribution >= 4 is 11.8 Å². The molecule has 3 aromatic rings. The summed E-state index contributed by atoms with van der Waals surface area (Å²) in [5.74, 6) is 0.0442. The molecular formula is C24H23NO3. The van der Waals surface area contributed by atoms with Gasteiger partial charge < -0.3 is 9.84 Å². The predicted molar refractivity (Wildman–Crippen MR) is 111 cm³/mol. The molecule has 0 radical (unpaired) electrons. The zero-order chi connectivity index (χ0) is 19.3. The van der Waals surface area contributed by atoms with Crippen LogP contribution in [0.25, 0.3) is 11.1 Å². The standard InChI is InChI=1S/C24H23NO3/c26-15-7-9-17-8-1-6-14-23(17)25-24(27)28-16-22-20-12-4-2-10-18(20)19-11-3-5-13-21(19)22/h1-6,8,10-14,22,26H,7,9,15-16H2,(H,25,27). The average Bonchev–Trinajstić information content (AvgIpc) is 3.05. The summed E-state index contributed by atoms with van der Waals surface area (Å²) < 4.78 is 5.60. The number of hydrogen-bond acceptors (Lipinski definition) is 3. The molecule has 0 fully saturated rings. The summed E-state index contributed by atoms with van der Waals surface area (Å²) in [6, 6.07) is 24.2. The summed E-state index contributed by atoms with van der Waals surface area (Å²) in [6.45, 7) is 0.415. The van der Waals surface area contributed by atoms with Gasteiger partial charge in [0.1, 0.15) is 6.61 Å². The average molecular weight is 373 g/mol. The van der Waals surface area contributed by atoms with E-state index in [1.165, 1.54) is 22.3 Å². The summed E-state index contributed by atoms with van der Waals surface area (Å²) in [6.07, 6.45) is 0.901. The number of anilines is 1. The van der Waals surface area contributed by atoms with E-state index in [0.29, 0.717) is 19.4 Å². The first-order valence-corrected chi connectivity index (χ1v) is 9.58. The molecule has 0 saturated heterocycles. The molecule has 0 saturated carbocycles. The van der Waals surface area contributed by atoms with Crippen LogP contribution in [-0.2, 0) is 11.2 Å². The fourth-order valence-corrected chi connectivity index (χ4v) is 3.87. The highest BCUT2D eigenvalue weighted by molar-refractivity contribution is 5.86. The number of aryl methyl sites for hydroxylation is 1. The number of ether oxygens (including phenoxy) is 1. The number of carbonyl (C=O) groups is 1. The van der Waals surface area contributed by atoms with Gasteiger partial charge in [-0.05, 0) is 46.7 Å². The molecule has 0 bridgehead atoms. The fraction of sp³-hybridized carbons (Fsp3) is 0.208. The zero-order valence-corrected chi connectivity index (χ0v) is 15.6. The first-order valence-electron chi connectivity index (χ1n) is 9.58. The topological polar surface area (TPSA) is 58.6 Å². The number of fused-ring (bicyclic) bond motifs is 3. The van der Waals surface area contributed by atoms with Gasteiger partial charge in [0.05, 0.1) is 0 Å². The van der Waals surface area contributed by atoms with E-state index in [9.17, 15) is 4.79 Å². The lowest BCUT2D eigenvalue weighted by molar-refractivity contribution is 0.158. The molecule has 4 rings (SSSR count). The SMILES string of the molecule is O=C(Nc1ccccc1CCCO)OCC1c2ccccc2-c2ccccc21. The molecule has 1 aliphatic carbocycles. The maximum Gasteiger partial charge on any atom is 0.411 e. The van der Waals surface area contributed by atoms with E-state index in [1.54, 1.807) is 0 Å². The van der Waals surface area contributed by atoms with Crippen LogP contribution >= 0.6 is 0 Å². The van der Waals surface area contributed by atoms with Gasteiger partial charge in [-0.2, -0.15) is 0 Å². The molecule has 2 N–H and O–H groups in total. The summed E-state index contributed by atoms with van der Waals surface area (Å²) in [5.41, 5.74) is 6.53. The first kappa shape index (κ1) is 18.3. The molecule has 0 unspecified atom stereocenters. The van der Waals surface area contributed by atoms with Gasteiger partial charge >= 0.3 is 6.09 Å². The molecule has 28 heavy (non-hydrogen) atoms. The van der Waals surface area contributed by atoms with Crippen LogP contribution in [-0.4, -0.2) is 24.4 Å². The predicted octanol–water partition coefficient (Wildman–Crippen LogP) is 4.97. The highest BCUT2D eigenvalue weighted by atomic mass is 16.5. The number of rotatable bonds is 6. The highest BCUT2D eigenvalue weighted by Gasteiger charge is 2.29. The largest absolute Gasteiger partial charge is 0.448 e. The second-order valence-electron chi connectivity index (χ2n) is 6.93. The molecule has 142 valence electrons. The third kappa shape index (κ3) is 3.64. The second-order valence-corrected chi connectivity index (χ2v) is 6.93. The molecule has 0 atom stereocenters. The summed E-state index contributed by atoms with van der Waals surface area (Å²) in [4.78, 5) is 12.4. The Hall–Kier alpha value is -3.11. The zero-order valence-electron chi connectivity index (χ0n) is 15.6. The summed E-state index contributed by atoms with van der Waals surface area (Å²) in [5, 5.41) is 11.9. The van der Waals surface area contributed by atoms with Gasteiger partial charge in [0, 0.05) is 18.2 Å². The minimum absolute atomic E-state index is 0.0442. The molecule has 3 aromatic carbocycles. The lowest BCUT2D eigenvalue weighted by Gasteiger charge is -2.15. The van der Waals surface area contributed by atoms with Crippen molar-refractivity contribution in [2.45, 2.75) is 18.8 Å². The van der Waals surface area contributed by atoms with Gasteiger partial charge in [0.25, 0.3) is 0 Å². The van der Waals surface area contributed by atoms with Crippen LogP contribution < -0.4 is 5.32 Å². The Kier molecular flexibility index (Phi) is 5.40. The Morgan fingerprint density at radius 2 is 1.50 bits per heavy atom. The Labute approximate surface area is 164 Å². The van der Waals surface area contributed by atoms with Crippen molar-refractivity contribution in [3.8, 4) is 11.1 Å². The molecule has 4 heteroatoms. The van der Waals surface area contributed by atoms with Crippen LogP contribution in [0, 0.1) is 0 Å². The van der Waals surface area contributed by atoms with Crippen molar-refractivity contribution < 1.29 is 14.6 Å². The summed E-state index contributed by atoms with van der Waals surface area (Å²) >= 11 is 0. The van der Waals surface area contributed by atoms with Crippen molar-refractivity contribution in [2.24, 2.45) is 0 Å². The van der Waals surface area contributed by atoms with Crippen molar-refractivity contribution in [1.82, 2.24) is 0 Å². The molecular weight excluding hydrogens is 350 g/mol. The summed E-state index contributed by atoms with van der Waals surface area (Å²) in [7, 11) is 0. The van der Waals surface area contributed by atoms with Crippen LogP contribution in [0.2, 0.25) is 0 Å². The number of nitrogens with one attached hydrogen (secondary N) is 1. The molecule has 0 aliphatic heterocycles. The molecule has 4 nitrogen and oxygen atoms in total. The van der Waals surface area contributed by atoms with Crippen LogP contribution in [0.4, 0.5) is 10.5 Å². The molecule has 0 aromatic heterocycles. The molecule has 0 spiro atoms. The van der Waals surface area contributed by atoms with Gasteiger partial charge in [-0.15, -0.1) is 0 Å². The smallest absolute Gasteiger partial charge is 0.411 e. The lowest BCUT2D eigenvalue weighted by Crippen LogP contribution is -2.18. The third-order valence-corrected chi connectivity index (χ3v) is 5.20.